The van der Waals surface area contributed by atoms with Crippen molar-refractivity contribution >= 4 is 0 Å². The maximum Gasteiger partial charge on any atom is 0.0622 e. The van der Waals surface area contributed by atoms with Crippen LogP contribution in [0.1, 0.15) is 38.5 Å². The van der Waals surface area contributed by atoms with Crippen LogP contribution >= 0.6 is 0 Å². The van der Waals surface area contributed by atoms with E-state index in [2.05, 4.69) is 18.0 Å². The Bertz CT molecular complexity index is 209. The number of rotatable bonds is 5. The molecule has 2 N–H and O–H groups in total. The highest BCUT2D eigenvalue weighted by atomic mass is 15.1. The van der Waals surface area contributed by atoms with Gasteiger partial charge in [0.05, 0.1) is 6.07 Å². The Hall–Kier alpha value is -0.590. The Morgan fingerprint density at radius 3 is 2.80 bits per heavy atom. The summed E-state index contributed by atoms with van der Waals surface area (Å²) in [5.41, 5.74) is 5.81. The van der Waals surface area contributed by atoms with Crippen LogP contribution in [0.5, 0.6) is 0 Å². The van der Waals surface area contributed by atoms with E-state index in [1.165, 1.54) is 25.7 Å². The lowest BCUT2D eigenvalue weighted by molar-refractivity contribution is 0.133. The van der Waals surface area contributed by atoms with Crippen LogP contribution in [0.4, 0.5) is 0 Å². The molecule has 1 saturated carbocycles. The molecule has 0 heterocycles. The highest BCUT2D eigenvalue weighted by molar-refractivity contribution is 4.83. The molecule has 0 aromatic heterocycles. The lowest BCUT2D eigenvalue weighted by Gasteiger charge is -2.37. The Labute approximate surface area is 93.2 Å². The molecule has 86 valence electrons. The fraction of sp³-hybridized carbons (Fsp3) is 0.917. The number of nitrogens with two attached hydrogens (primary N) is 1. The summed E-state index contributed by atoms with van der Waals surface area (Å²) in [5, 5.41) is 8.50. The monoisotopic (exact) mass is 209 g/mol. The molecule has 3 nitrogen and oxygen atoms in total. The van der Waals surface area contributed by atoms with Gasteiger partial charge < -0.3 is 10.6 Å². The molecule has 0 spiro atoms. The zero-order valence-electron chi connectivity index (χ0n) is 9.78. The predicted molar refractivity (Wildman–Crippen MR) is 62.3 cm³/mol. The third-order valence-corrected chi connectivity index (χ3v) is 3.54. The summed E-state index contributed by atoms with van der Waals surface area (Å²) in [4.78, 5) is 2.41. The first-order chi connectivity index (χ1) is 7.29. The third kappa shape index (κ3) is 3.81. The quantitative estimate of drug-likeness (QED) is 0.702. The van der Waals surface area contributed by atoms with Crippen LogP contribution in [0.25, 0.3) is 0 Å². The highest BCUT2D eigenvalue weighted by Gasteiger charge is 2.26. The average molecular weight is 209 g/mol. The van der Waals surface area contributed by atoms with Gasteiger partial charge >= 0.3 is 0 Å². The Morgan fingerprint density at radius 2 is 2.13 bits per heavy atom. The summed E-state index contributed by atoms with van der Waals surface area (Å²) in [6.07, 6.45) is 6.90. The molecular formula is C12H23N3. The summed E-state index contributed by atoms with van der Waals surface area (Å²) < 4.78 is 0. The normalized spacial score (nSPS) is 26.5. The number of nitrogens with zero attached hydrogens (tertiary/aromatic N) is 2. The molecule has 0 aliphatic heterocycles. The first kappa shape index (κ1) is 12.5. The summed E-state index contributed by atoms with van der Waals surface area (Å²) in [6.45, 7) is 1.85. The fourth-order valence-electron chi connectivity index (χ4n) is 2.62. The van der Waals surface area contributed by atoms with Crippen molar-refractivity contribution < 1.29 is 0 Å². The van der Waals surface area contributed by atoms with E-state index in [1.54, 1.807) is 0 Å². The van der Waals surface area contributed by atoms with Gasteiger partial charge in [0.25, 0.3) is 0 Å². The second-order valence-electron chi connectivity index (χ2n) is 4.59. The van der Waals surface area contributed by atoms with E-state index in [4.69, 9.17) is 11.0 Å². The van der Waals surface area contributed by atoms with Crippen LogP contribution in [0.2, 0.25) is 0 Å². The van der Waals surface area contributed by atoms with Crippen LogP contribution in [0.3, 0.4) is 0 Å². The summed E-state index contributed by atoms with van der Waals surface area (Å²) >= 11 is 0. The molecule has 0 saturated heterocycles. The van der Waals surface area contributed by atoms with Gasteiger partial charge in [-0.15, -0.1) is 0 Å². The van der Waals surface area contributed by atoms with Gasteiger partial charge in [-0.3, -0.25) is 0 Å². The number of hydrogen-bond donors (Lipinski definition) is 1. The predicted octanol–water partition coefficient (Wildman–Crippen LogP) is 1.74. The van der Waals surface area contributed by atoms with E-state index in [0.29, 0.717) is 18.4 Å². The highest BCUT2D eigenvalue weighted by Crippen LogP contribution is 2.27. The Balaban J connectivity index is 2.34. The molecule has 15 heavy (non-hydrogen) atoms. The Morgan fingerprint density at radius 1 is 1.40 bits per heavy atom. The SMILES string of the molecule is CN(CCCC#N)C1CCCCC1CN. The van der Waals surface area contributed by atoms with Crippen LogP contribution in [-0.4, -0.2) is 31.1 Å². The van der Waals surface area contributed by atoms with E-state index in [0.717, 1.165) is 19.5 Å². The molecule has 0 aromatic rings. The summed E-state index contributed by atoms with van der Waals surface area (Å²) in [7, 11) is 2.18. The van der Waals surface area contributed by atoms with Crippen LogP contribution in [0.15, 0.2) is 0 Å². The van der Waals surface area contributed by atoms with E-state index in [1.807, 2.05) is 0 Å². The molecule has 1 fully saturated rings. The van der Waals surface area contributed by atoms with E-state index in [9.17, 15) is 0 Å². The molecule has 0 aromatic carbocycles. The molecule has 1 aliphatic carbocycles. The van der Waals surface area contributed by atoms with E-state index >= 15 is 0 Å². The van der Waals surface area contributed by atoms with Gasteiger partial charge in [-0.25, -0.2) is 0 Å². The van der Waals surface area contributed by atoms with Gasteiger partial charge in [-0.1, -0.05) is 12.8 Å². The summed E-state index contributed by atoms with van der Waals surface area (Å²) in [6, 6.07) is 2.85. The van der Waals surface area contributed by atoms with Crippen LogP contribution < -0.4 is 5.73 Å². The summed E-state index contributed by atoms with van der Waals surface area (Å²) in [5.74, 6) is 0.672. The molecular weight excluding hydrogens is 186 g/mol. The molecule has 3 heteroatoms. The van der Waals surface area contributed by atoms with Crippen molar-refractivity contribution in [2.45, 2.75) is 44.6 Å². The number of unbranched alkanes of at least 4 members (excludes halogenated alkanes) is 1. The average Bonchev–Trinajstić information content (AvgIpc) is 2.29. The maximum atomic E-state index is 8.50. The zero-order chi connectivity index (χ0) is 11.1. The zero-order valence-corrected chi connectivity index (χ0v) is 9.78. The van der Waals surface area contributed by atoms with Gasteiger partial charge in [-0.2, -0.15) is 5.26 Å². The Kier molecular flexibility index (Phi) is 5.67. The topological polar surface area (TPSA) is 53.0 Å². The van der Waals surface area contributed by atoms with Crippen LogP contribution in [0, 0.1) is 17.2 Å². The van der Waals surface area contributed by atoms with Crippen LogP contribution in [-0.2, 0) is 0 Å². The molecule has 0 bridgehead atoms. The van der Waals surface area contributed by atoms with Crippen molar-refractivity contribution in [3.8, 4) is 6.07 Å². The fourth-order valence-corrected chi connectivity index (χ4v) is 2.62. The third-order valence-electron chi connectivity index (χ3n) is 3.54. The second-order valence-corrected chi connectivity index (χ2v) is 4.59. The molecule has 2 unspecified atom stereocenters. The van der Waals surface area contributed by atoms with Crippen molar-refractivity contribution in [2.75, 3.05) is 20.1 Å². The number of hydrogen-bond acceptors (Lipinski definition) is 3. The van der Waals surface area contributed by atoms with Gasteiger partial charge in [-0.05, 0) is 45.3 Å². The van der Waals surface area contributed by atoms with E-state index < -0.39 is 0 Å². The first-order valence-corrected chi connectivity index (χ1v) is 6.07. The molecule has 2 atom stereocenters. The second kappa shape index (κ2) is 6.81. The molecule has 0 radical (unpaired) electrons. The molecule has 0 amide bonds. The van der Waals surface area contributed by atoms with E-state index in [-0.39, 0.29) is 0 Å². The lowest BCUT2D eigenvalue weighted by atomic mass is 9.83. The van der Waals surface area contributed by atoms with Gasteiger partial charge in [0.15, 0.2) is 0 Å². The first-order valence-electron chi connectivity index (χ1n) is 6.07. The minimum Gasteiger partial charge on any atom is -0.330 e. The van der Waals surface area contributed by atoms with Gasteiger partial charge in [0, 0.05) is 12.5 Å². The minimum absolute atomic E-state index is 0.655. The molecule has 1 rings (SSSR count). The standard InChI is InChI=1S/C12H23N3/c1-15(9-5-4-8-13)12-7-3-2-6-11(12)10-14/h11-12H,2-7,9-10,14H2,1H3. The smallest absolute Gasteiger partial charge is 0.0622 e. The lowest BCUT2D eigenvalue weighted by Crippen LogP contribution is -2.43. The van der Waals surface area contributed by atoms with Gasteiger partial charge in [0.1, 0.15) is 0 Å². The van der Waals surface area contributed by atoms with Crippen molar-refractivity contribution in [3.05, 3.63) is 0 Å². The number of nitriles is 1. The minimum atomic E-state index is 0.655. The van der Waals surface area contributed by atoms with Crippen molar-refractivity contribution in [2.24, 2.45) is 11.7 Å². The van der Waals surface area contributed by atoms with Gasteiger partial charge in [0.2, 0.25) is 0 Å². The largest absolute Gasteiger partial charge is 0.330 e. The maximum absolute atomic E-state index is 8.50. The molecule has 1 aliphatic rings. The van der Waals surface area contributed by atoms with Crippen molar-refractivity contribution in [1.82, 2.24) is 4.90 Å². The van der Waals surface area contributed by atoms with Crippen molar-refractivity contribution in [3.63, 3.8) is 0 Å². The van der Waals surface area contributed by atoms with Crippen molar-refractivity contribution in [1.29, 1.82) is 5.26 Å².